The van der Waals surface area contributed by atoms with Crippen molar-refractivity contribution in [1.29, 1.82) is 0 Å². The summed E-state index contributed by atoms with van der Waals surface area (Å²) in [5.74, 6) is 0.0455. The van der Waals surface area contributed by atoms with Crippen LogP contribution >= 0.6 is 15.9 Å². The Hall–Kier alpha value is -0.750. The quantitative estimate of drug-likeness (QED) is 0.892. The molecule has 1 rings (SSSR count). The smallest absolute Gasteiger partial charge is 0.396 e. The fourth-order valence-electron chi connectivity index (χ4n) is 1.18. The number of aliphatic hydroxyl groups is 1. The van der Waals surface area contributed by atoms with Crippen molar-refractivity contribution in [2.24, 2.45) is 5.92 Å². The molecule has 0 saturated heterocycles. The zero-order valence-corrected chi connectivity index (χ0v) is 10.8. The summed E-state index contributed by atoms with van der Waals surface area (Å²) in [5.41, 5.74) is -0.108. The van der Waals surface area contributed by atoms with Gasteiger partial charge in [-0.3, -0.25) is 0 Å². The highest BCUT2D eigenvalue weighted by Crippen LogP contribution is 2.33. The molecule has 0 aliphatic heterocycles. The number of rotatable bonds is 4. The van der Waals surface area contributed by atoms with Gasteiger partial charge in [0.15, 0.2) is 0 Å². The second-order valence-corrected chi connectivity index (χ2v) is 4.72. The summed E-state index contributed by atoms with van der Waals surface area (Å²) in [6.45, 7) is 2.37. The fourth-order valence-corrected chi connectivity index (χ4v) is 1.70. The van der Waals surface area contributed by atoms with E-state index in [4.69, 9.17) is 5.11 Å². The summed E-state index contributed by atoms with van der Waals surface area (Å²) in [6, 6.07) is 3.43. The minimum Gasteiger partial charge on any atom is -0.396 e. The Morgan fingerprint density at radius 1 is 1.41 bits per heavy atom. The number of hydrogen-bond acceptors (Lipinski definition) is 2. The van der Waals surface area contributed by atoms with Crippen LogP contribution in [0.25, 0.3) is 0 Å². The SMILES string of the molecule is CC(CO)CNc1ccc(C(F)(F)F)cc1Br. The van der Waals surface area contributed by atoms with Crippen LogP contribution in [0.4, 0.5) is 18.9 Å². The van der Waals surface area contributed by atoms with Crippen molar-refractivity contribution < 1.29 is 18.3 Å². The van der Waals surface area contributed by atoms with Crippen LogP contribution in [0.3, 0.4) is 0 Å². The molecule has 0 radical (unpaired) electrons. The van der Waals surface area contributed by atoms with Crippen LogP contribution in [0.5, 0.6) is 0 Å². The maximum atomic E-state index is 12.4. The first-order valence-corrected chi connectivity index (χ1v) is 5.85. The molecule has 2 nitrogen and oxygen atoms in total. The Morgan fingerprint density at radius 2 is 2.06 bits per heavy atom. The van der Waals surface area contributed by atoms with Gasteiger partial charge >= 0.3 is 6.18 Å². The predicted molar refractivity (Wildman–Crippen MR) is 63.9 cm³/mol. The predicted octanol–water partition coefficient (Wildman–Crippen LogP) is 3.51. The minimum atomic E-state index is -4.33. The first-order chi connectivity index (χ1) is 7.84. The lowest BCUT2D eigenvalue weighted by Gasteiger charge is -2.14. The summed E-state index contributed by atoms with van der Waals surface area (Å²) in [7, 11) is 0. The molecular formula is C11H13BrF3NO. The van der Waals surface area contributed by atoms with E-state index < -0.39 is 11.7 Å². The second kappa shape index (κ2) is 5.73. The number of alkyl halides is 3. The number of benzene rings is 1. The van der Waals surface area contributed by atoms with Gasteiger partial charge in [0.05, 0.1) is 5.56 Å². The van der Waals surface area contributed by atoms with E-state index in [1.165, 1.54) is 6.07 Å². The van der Waals surface area contributed by atoms with Gasteiger partial charge in [-0.2, -0.15) is 13.2 Å². The normalized spacial score (nSPS) is 13.5. The molecule has 1 atom stereocenters. The van der Waals surface area contributed by atoms with Gasteiger partial charge in [0.1, 0.15) is 0 Å². The third-order valence-electron chi connectivity index (χ3n) is 2.25. The third kappa shape index (κ3) is 4.20. The Balaban J connectivity index is 2.77. The van der Waals surface area contributed by atoms with E-state index in [2.05, 4.69) is 21.2 Å². The molecule has 0 aliphatic rings. The molecule has 1 unspecified atom stereocenters. The van der Waals surface area contributed by atoms with Crippen LogP contribution in [0.1, 0.15) is 12.5 Å². The van der Waals surface area contributed by atoms with Gasteiger partial charge in [0.2, 0.25) is 0 Å². The average molecular weight is 312 g/mol. The van der Waals surface area contributed by atoms with Gasteiger partial charge in [0.25, 0.3) is 0 Å². The molecule has 1 aromatic carbocycles. The standard InChI is InChI=1S/C11H13BrF3NO/c1-7(6-17)5-16-10-3-2-8(4-9(10)12)11(13,14)15/h2-4,7,16-17H,5-6H2,1H3. The van der Waals surface area contributed by atoms with E-state index in [0.717, 1.165) is 12.1 Å². The van der Waals surface area contributed by atoms with Crippen molar-refractivity contribution in [1.82, 2.24) is 0 Å². The van der Waals surface area contributed by atoms with Gasteiger partial charge in [-0.1, -0.05) is 6.92 Å². The monoisotopic (exact) mass is 311 g/mol. The number of halogens is 4. The van der Waals surface area contributed by atoms with E-state index in [-0.39, 0.29) is 12.5 Å². The third-order valence-corrected chi connectivity index (χ3v) is 2.91. The minimum absolute atomic E-state index is 0.0330. The van der Waals surface area contributed by atoms with E-state index in [1.54, 1.807) is 0 Å². The van der Waals surface area contributed by atoms with Gasteiger partial charge < -0.3 is 10.4 Å². The van der Waals surface area contributed by atoms with Crippen molar-refractivity contribution in [3.05, 3.63) is 28.2 Å². The first-order valence-electron chi connectivity index (χ1n) is 5.06. The molecule has 0 spiro atoms. The summed E-state index contributed by atoms with van der Waals surface area (Å²) in [4.78, 5) is 0. The van der Waals surface area contributed by atoms with Crippen LogP contribution in [0.15, 0.2) is 22.7 Å². The molecule has 17 heavy (non-hydrogen) atoms. The Kier molecular flexibility index (Phi) is 4.82. The highest BCUT2D eigenvalue weighted by atomic mass is 79.9. The maximum Gasteiger partial charge on any atom is 0.416 e. The summed E-state index contributed by atoms with van der Waals surface area (Å²) < 4.78 is 37.5. The Morgan fingerprint density at radius 3 is 2.53 bits per heavy atom. The van der Waals surface area contributed by atoms with E-state index in [1.807, 2.05) is 6.92 Å². The first kappa shape index (κ1) is 14.3. The van der Waals surface area contributed by atoms with Crippen molar-refractivity contribution in [3.63, 3.8) is 0 Å². The van der Waals surface area contributed by atoms with Gasteiger partial charge in [-0.25, -0.2) is 0 Å². The average Bonchev–Trinajstić information content (AvgIpc) is 2.25. The van der Waals surface area contributed by atoms with E-state index in [9.17, 15) is 13.2 Å². The highest BCUT2D eigenvalue weighted by Gasteiger charge is 2.30. The summed E-state index contributed by atoms with van der Waals surface area (Å²) >= 11 is 3.09. The molecule has 96 valence electrons. The van der Waals surface area contributed by atoms with Gasteiger partial charge in [-0.15, -0.1) is 0 Å². The fraction of sp³-hybridized carbons (Fsp3) is 0.455. The zero-order chi connectivity index (χ0) is 13.1. The molecule has 2 N–H and O–H groups in total. The zero-order valence-electron chi connectivity index (χ0n) is 9.18. The van der Waals surface area contributed by atoms with Crippen molar-refractivity contribution in [2.45, 2.75) is 13.1 Å². The van der Waals surface area contributed by atoms with E-state index in [0.29, 0.717) is 16.7 Å². The highest BCUT2D eigenvalue weighted by molar-refractivity contribution is 9.10. The molecular weight excluding hydrogens is 299 g/mol. The Bertz CT molecular complexity index is 381. The molecule has 0 aliphatic carbocycles. The number of hydrogen-bond donors (Lipinski definition) is 2. The summed E-state index contributed by atoms with van der Waals surface area (Å²) in [5, 5.41) is 11.8. The van der Waals surface area contributed by atoms with Crippen molar-refractivity contribution in [2.75, 3.05) is 18.5 Å². The summed E-state index contributed by atoms with van der Waals surface area (Å²) in [6.07, 6.45) is -4.33. The van der Waals surface area contributed by atoms with Crippen LogP contribution in [-0.2, 0) is 6.18 Å². The Labute approximate surface area is 106 Å². The molecule has 6 heteroatoms. The van der Waals surface area contributed by atoms with Crippen LogP contribution in [0, 0.1) is 5.92 Å². The lowest BCUT2D eigenvalue weighted by Crippen LogP contribution is -2.15. The largest absolute Gasteiger partial charge is 0.416 e. The number of aliphatic hydroxyl groups excluding tert-OH is 1. The number of nitrogens with one attached hydrogen (secondary N) is 1. The number of anilines is 1. The van der Waals surface area contributed by atoms with Crippen molar-refractivity contribution >= 4 is 21.6 Å². The second-order valence-electron chi connectivity index (χ2n) is 3.86. The molecule has 0 aromatic heterocycles. The molecule has 1 aromatic rings. The molecule has 0 amide bonds. The van der Waals surface area contributed by atoms with Gasteiger partial charge in [0, 0.05) is 23.3 Å². The molecule has 0 saturated carbocycles. The maximum absolute atomic E-state index is 12.4. The topological polar surface area (TPSA) is 32.3 Å². The van der Waals surface area contributed by atoms with Crippen LogP contribution < -0.4 is 5.32 Å². The van der Waals surface area contributed by atoms with E-state index >= 15 is 0 Å². The molecule has 0 fully saturated rings. The van der Waals surface area contributed by atoms with Crippen molar-refractivity contribution in [3.8, 4) is 0 Å². The molecule has 0 bridgehead atoms. The van der Waals surface area contributed by atoms with Crippen LogP contribution in [0.2, 0.25) is 0 Å². The molecule has 0 heterocycles. The van der Waals surface area contributed by atoms with Crippen LogP contribution in [-0.4, -0.2) is 18.3 Å². The van der Waals surface area contributed by atoms with Gasteiger partial charge in [-0.05, 0) is 40.0 Å². The lowest BCUT2D eigenvalue weighted by molar-refractivity contribution is -0.137. The lowest BCUT2D eigenvalue weighted by atomic mass is 10.1.